The molecule has 2 aromatic carbocycles. The van der Waals surface area contributed by atoms with Gasteiger partial charge in [-0.3, -0.25) is 14.1 Å². The van der Waals surface area contributed by atoms with Crippen LogP contribution < -0.4 is 9.60 Å². The number of rotatable bonds is 4. The Kier molecular flexibility index (Phi) is 4.42. The fourth-order valence-electron chi connectivity index (χ4n) is 2.40. The Balaban J connectivity index is 2.02. The molecule has 5 nitrogen and oxygen atoms in total. The van der Waals surface area contributed by atoms with Crippen LogP contribution in [-0.2, 0) is 10.0 Å². The molecule has 0 bridgehead atoms. The Hall–Kier alpha value is -1.83. The van der Waals surface area contributed by atoms with E-state index in [1.54, 1.807) is 34.9 Å². The first-order valence-corrected chi connectivity index (χ1v) is 9.89. The number of hydrogen-bond acceptors (Lipinski definition) is 4. The quantitative estimate of drug-likeness (QED) is 0.738. The molecule has 1 N–H and O–H groups in total. The predicted molar refractivity (Wildman–Crippen MR) is 98.7 cm³/mol. The van der Waals surface area contributed by atoms with Crippen LogP contribution in [0.25, 0.3) is 10.2 Å². The van der Waals surface area contributed by atoms with Gasteiger partial charge in [0.2, 0.25) is 0 Å². The van der Waals surface area contributed by atoms with Crippen LogP contribution in [0, 0.1) is 0 Å². The number of nitrogens with one attached hydrogen (secondary N) is 1. The van der Waals surface area contributed by atoms with Gasteiger partial charge in [0.1, 0.15) is 0 Å². The summed E-state index contributed by atoms with van der Waals surface area (Å²) < 4.78 is 29.9. The molecule has 126 valence electrons. The molecule has 0 fully saturated rings. The summed E-state index contributed by atoms with van der Waals surface area (Å²) in [7, 11) is -3.74. The highest BCUT2D eigenvalue weighted by atomic mass is 35.5. The number of aromatic nitrogens is 1. The van der Waals surface area contributed by atoms with Gasteiger partial charge in [0.15, 0.2) is 0 Å². The Morgan fingerprint density at radius 1 is 1.12 bits per heavy atom. The third-order valence-corrected chi connectivity index (χ3v) is 6.06. The molecule has 0 atom stereocenters. The minimum absolute atomic E-state index is 0.0147. The van der Waals surface area contributed by atoms with Gasteiger partial charge in [-0.25, -0.2) is 8.42 Å². The minimum Gasteiger partial charge on any atom is -0.296 e. The zero-order valence-electron chi connectivity index (χ0n) is 13.0. The zero-order chi connectivity index (χ0) is 17.5. The van der Waals surface area contributed by atoms with Gasteiger partial charge in [0.05, 0.1) is 15.1 Å². The van der Waals surface area contributed by atoms with Crippen LogP contribution in [-0.4, -0.2) is 13.0 Å². The minimum atomic E-state index is -3.74. The van der Waals surface area contributed by atoms with Crippen LogP contribution in [0.15, 0.2) is 52.2 Å². The largest absolute Gasteiger partial charge is 0.308 e. The Bertz CT molecular complexity index is 1050. The SMILES string of the molecule is CC(C)n1c(=O)sc2cc(S(=O)(=O)Nc3ccc(Cl)cc3)ccc21. The standard InChI is InChI=1S/C16H15ClN2O3S2/c1-10(2)19-14-8-7-13(9-15(14)23-16(19)20)24(21,22)18-12-5-3-11(17)4-6-12/h3-10,18H,1-2H3. The van der Waals surface area contributed by atoms with Crippen LogP contribution in [0.5, 0.6) is 0 Å². The number of benzene rings is 2. The first-order chi connectivity index (χ1) is 11.3. The lowest BCUT2D eigenvalue weighted by Crippen LogP contribution is -2.15. The third kappa shape index (κ3) is 3.19. The highest BCUT2D eigenvalue weighted by Gasteiger charge is 2.17. The summed E-state index contributed by atoms with van der Waals surface area (Å²) in [4.78, 5) is 12.1. The van der Waals surface area contributed by atoms with Crippen molar-refractivity contribution in [2.75, 3.05) is 4.72 Å². The van der Waals surface area contributed by atoms with E-state index in [1.807, 2.05) is 13.8 Å². The average molecular weight is 383 g/mol. The van der Waals surface area contributed by atoms with E-state index in [0.29, 0.717) is 15.4 Å². The molecule has 24 heavy (non-hydrogen) atoms. The second-order valence-corrected chi connectivity index (χ2v) is 8.69. The van der Waals surface area contributed by atoms with Crippen molar-refractivity contribution in [3.63, 3.8) is 0 Å². The lowest BCUT2D eigenvalue weighted by Gasteiger charge is -2.10. The van der Waals surface area contributed by atoms with Crippen molar-refractivity contribution in [2.24, 2.45) is 0 Å². The van der Waals surface area contributed by atoms with E-state index in [1.165, 1.54) is 12.1 Å². The second-order valence-electron chi connectivity index (χ2n) is 5.57. The number of anilines is 1. The van der Waals surface area contributed by atoms with Crippen molar-refractivity contribution >= 4 is 48.9 Å². The highest BCUT2D eigenvalue weighted by molar-refractivity contribution is 7.92. The zero-order valence-corrected chi connectivity index (χ0v) is 15.4. The number of hydrogen-bond donors (Lipinski definition) is 1. The van der Waals surface area contributed by atoms with E-state index in [4.69, 9.17) is 11.6 Å². The summed E-state index contributed by atoms with van der Waals surface area (Å²) in [5, 5.41) is 0.527. The predicted octanol–water partition coefficient (Wildman–Crippen LogP) is 4.10. The normalized spacial score (nSPS) is 12.0. The van der Waals surface area contributed by atoms with E-state index in [0.717, 1.165) is 16.9 Å². The molecule has 0 radical (unpaired) electrons. The molecule has 0 amide bonds. The maximum Gasteiger partial charge on any atom is 0.308 e. The van der Waals surface area contributed by atoms with Crippen LogP contribution in [0.4, 0.5) is 5.69 Å². The molecular formula is C16H15ClN2O3S2. The van der Waals surface area contributed by atoms with E-state index in [-0.39, 0.29) is 15.8 Å². The van der Waals surface area contributed by atoms with Gasteiger partial charge in [-0.05, 0) is 56.3 Å². The summed E-state index contributed by atoms with van der Waals surface area (Å²) in [5.74, 6) is 0. The van der Waals surface area contributed by atoms with Gasteiger partial charge in [-0.1, -0.05) is 22.9 Å². The maximum atomic E-state index is 12.5. The van der Waals surface area contributed by atoms with Gasteiger partial charge in [0.25, 0.3) is 10.0 Å². The molecule has 0 unspecified atom stereocenters. The summed E-state index contributed by atoms with van der Waals surface area (Å²) in [6, 6.07) is 11.1. The van der Waals surface area contributed by atoms with Crippen molar-refractivity contribution in [1.82, 2.24) is 4.57 Å². The number of thiazole rings is 1. The molecule has 1 aromatic heterocycles. The average Bonchev–Trinajstić information content (AvgIpc) is 2.84. The van der Waals surface area contributed by atoms with Gasteiger partial charge in [-0.2, -0.15) is 0 Å². The Morgan fingerprint density at radius 3 is 2.42 bits per heavy atom. The Morgan fingerprint density at radius 2 is 1.79 bits per heavy atom. The van der Waals surface area contributed by atoms with E-state index in [9.17, 15) is 13.2 Å². The second kappa shape index (κ2) is 6.23. The van der Waals surface area contributed by atoms with Gasteiger partial charge < -0.3 is 0 Å². The molecule has 1 heterocycles. The summed E-state index contributed by atoms with van der Waals surface area (Å²) in [6.07, 6.45) is 0. The Labute approximate surface area is 148 Å². The van der Waals surface area contributed by atoms with Crippen molar-refractivity contribution in [3.05, 3.63) is 57.2 Å². The molecule has 0 aliphatic carbocycles. The van der Waals surface area contributed by atoms with Crippen LogP contribution in [0.3, 0.4) is 0 Å². The molecule has 0 spiro atoms. The van der Waals surface area contributed by atoms with E-state index in [2.05, 4.69) is 4.72 Å². The monoisotopic (exact) mass is 382 g/mol. The number of sulfonamides is 1. The van der Waals surface area contributed by atoms with Crippen LogP contribution in [0.1, 0.15) is 19.9 Å². The molecule has 0 saturated heterocycles. The lowest BCUT2D eigenvalue weighted by atomic mass is 10.3. The van der Waals surface area contributed by atoms with E-state index >= 15 is 0 Å². The van der Waals surface area contributed by atoms with Gasteiger partial charge in [-0.15, -0.1) is 0 Å². The topological polar surface area (TPSA) is 68.2 Å². The van der Waals surface area contributed by atoms with Crippen LogP contribution >= 0.6 is 22.9 Å². The molecule has 3 aromatic rings. The fraction of sp³-hybridized carbons (Fsp3) is 0.188. The highest BCUT2D eigenvalue weighted by Crippen LogP contribution is 2.25. The van der Waals surface area contributed by atoms with Crippen LogP contribution in [0.2, 0.25) is 5.02 Å². The van der Waals surface area contributed by atoms with Gasteiger partial charge in [0, 0.05) is 16.8 Å². The first-order valence-electron chi connectivity index (χ1n) is 7.21. The molecule has 0 aliphatic rings. The van der Waals surface area contributed by atoms with Crippen molar-refractivity contribution in [3.8, 4) is 0 Å². The molecule has 8 heteroatoms. The smallest absolute Gasteiger partial charge is 0.296 e. The van der Waals surface area contributed by atoms with Gasteiger partial charge >= 0.3 is 4.87 Å². The summed E-state index contributed by atoms with van der Waals surface area (Å²) in [5.41, 5.74) is 1.16. The number of halogens is 1. The van der Waals surface area contributed by atoms with Crippen molar-refractivity contribution in [1.29, 1.82) is 0 Å². The fourth-order valence-corrected chi connectivity index (χ4v) is 4.74. The van der Waals surface area contributed by atoms with Crippen molar-refractivity contribution < 1.29 is 8.42 Å². The maximum absolute atomic E-state index is 12.5. The number of nitrogens with zero attached hydrogens (tertiary/aromatic N) is 1. The molecule has 0 aliphatic heterocycles. The van der Waals surface area contributed by atoms with E-state index < -0.39 is 10.0 Å². The third-order valence-electron chi connectivity index (χ3n) is 3.51. The first kappa shape index (κ1) is 17.0. The lowest BCUT2D eigenvalue weighted by molar-refractivity contribution is 0.601. The molecule has 0 saturated carbocycles. The van der Waals surface area contributed by atoms with Crippen molar-refractivity contribution in [2.45, 2.75) is 24.8 Å². The molecular weight excluding hydrogens is 368 g/mol. The summed E-state index contributed by atoms with van der Waals surface area (Å²) in [6.45, 7) is 3.83. The summed E-state index contributed by atoms with van der Waals surface area (Å²) >= 11 is 6.84. The molecule has 3 rings (SSSR count). The number of fused-ring (bicyclic) bond motifs is 1.